The van der Waals surface area contributed by atoms with Crippen LogP contribution in [0.2, 0.25) is 10.0 Å². The predicted octanol–water partition coefficient (Wildman–Crippen LogP) is 5.30. The van der Waals surface area contributed by atoms with E-state index in [1.807, 2.05) is 48.5 Å². The lowest BCUT2D eigenvalue weighted by atomic mass is 10.1. The van der Waals surface area contributed by atoms with Gasteiger partial charge in [-0.15, -0.1) is 0 Å². The number of aliphatic hydroxyl groups excluding tert-OH is 1. The third kappa shape index (κ3) is 6.09. The van der Waals surface area contributed by atoms with Crippen molar-refractivity contribution in [2.24, 2.45) is 0 Å². The molecule has 0 bridgehead atoms. The van der Waals surface area contributed by atoms with Crippen molar-refractivity contribution in [1.29, 1.82) is 0 Å². The van der Waals surface area contributed by atoms with E-state index < -0.39 is 0 Å². The van der Waals surface area contributed by atoms with Gasteiger partial charge in [0.15, 0.2) is 0 Å². The molecule has 0 fully saturated rings. The van der Waals surface area contributed by atoms with Crippen LogP contribution in [0.3, 0.4) is 0 Å². The van der Waals surface area contributed by atoms with Gasteiger partial charge < -0.3 is 15.7 Å². The summed E-state index contributed by atoms with van der Waals surface area (Å²) in [6.45, 7) is 0.913. The van der Waals surface area contributed by atoms with E-state index in [-0.39, 0.29) is 6.61 Å². The number of halogens is 2. The number of hydrogen-bond acceptors (Lipinski definition) is 5. The Morgan fingerprint density at radius 3 is 2.50 bits per heavy atom. The van der Waals surface area contributed by atoms with Gasteiger partial charge in [-0.25, -0.2) is 4.98 Å². The molecule has 28 heavy (non-hydrogen) atoms. The van der Waals surface area contributed by atoms with Crippen molar-refractivity contribution in [3.05, 3.63) is 75.9 Å². The number of benzene rings is 2. The molecule has 7 heteroatoms. The quantitative estimate of drug-likeness (QED) is 0.412. The van der Waals surface area contributed by atoms with Crippen molar-refractivity contribution in [2.75, 3.05) is 23.8 Å². The lowest BCUT2D eigenvalue weighted by molar-refractivity contribution is 0.286. The smallest absolute Gasteiger partial charge is 0.229 e. The first kappa shape index (κ1) is 20.4. The molecule has 0 aliphatic carbocycles. The number of anilines is 3. The van der Waals surface area contributed by atoms with Crippen molar-refractivity contribution in [3.8, 4) is 0 Å². The van der Waals surface area contributed by atoms with E-state index in [4.69, 9.17) is 28.3 Å². The van der Waals surface area contributed by atoms with Crippen molar-refractivity contribution in [3.63, 3.8) is 0 Å². The minimum atomic E-state index is 0.187. The van der Waals surface area contributed by atoms with Crippen LogP contribution in [0, 0.1) is 0 Å². The van der Waals surface area contributed by atoms with Crippen LogP contribution in [-0.2, 0) is 6.42 Å². The van der Waals surface area contributed by atoms with Gasteiger partial charge in [0, 0.05) is 41.4 Å². The molecule has 0 saturated heterocycles. The van der Waals surface area contributed by atoms with E-state index in [1.165, 1.54) is 0 Å². The molecule has 2 aromatic carbocycles. The summed E-state index contributed by atoms with van der Waals surface area (Å²) in [7, 11) is 0. The van der Waals surface area contributed by atoms with Crippen molar-refractivity contribution in [2.45, 2.75) is 19.3 Å². The minimum absolute atomic E-state index is 0.187. The standard InChI is InChI=1S/C21H22Cl2N4O/c22-16-9-8-15(19(23)13-16)12-18-14-20(24-10-4-5-11-28)27-21(26-18)25-17-6-2-1-3-7-17/h1-3,6-9,13-14,28H,4-5,10-12H2,(H2,24,25,26,27). The maximum atomic E-state index is 8.94. The van der Waals surface area contributed by atoms with Gasteiger partial charge in [-0.2, -0.15) is 4.98 Å². The van der Waals surface area contributed by atoms with Gasteiger partial charge in [-0.1, -0.05) is 47.5 Å². The molecule has 0 spiro atoms. The Bertz CT molecular complexity index is 906. The maximum absolute atomic E-state index is 8.94. The third-order valence-electron chi connectivity index (χ3n) is 4.09. The van der Waals surface area contributed by atoms with Crippen LogP contribution in [0.5, 0.6) is 0 Å². The van der Waals surface area contributed by atoms with Gasteiger partial charge in [-0.05, 0) is 42.7 Å². The highest BCUT2D eigenvalue weighted by Crippen LogP contribution is 2.24. The first-order valence-corrected chi connectivity index (χ1v) is 9.88. The summed E-state index contributed by atoms with van der Waals surface area (Å²) in [4.78, 5) is 9.19. The molecule has 0 saturated carbocycles. The van der Waals surface area contributed by atoms with Crippen LogP contribution in [0.1, 0.15) is 24.1 Å². The van der Waals surface area contributed by atoms with E-state index >= 15 is 0 Å². The highest BCUT2D eigenvalue weighted by molar-refractivity contribution is 6.35. The molecule has 146 valence electrons. The Hall–Kier alpha value is -2.34. The zero-order valence-corrected chi connectivity index (χ0v) is 16.8. The number of rotatable bonds is 9. The van der Waals surface area contributed by atoms with Gasteiger partial charge in [0.2, 0.25) is 5.95 Å². The lowest BCUT2D eigenvalue weighted by Gasteiger charge is -2.12. The Labute approximate surface area is 174 Å². The van der Waals surface area contributed by atoms with Crippen LogP contribution < -0.4 is 10.6 Å². The molecular formula is C21H22Cl2N4O. The summed E-state index contributed by atoms with van der Waals surface area (Å²) in [6.07, 6.45) is 2.17. The molecule has 3 N–H and O–H groups in total. The molecule has 0 aliphatic heterocycles. The van der Waals surface area contributed by atoms with Gasteiger partial charge >= 0.3 is 0 Å². The fourth-order valence-corrected chi connectivity index (χ4v) is 3.17. The fourth-order valence-electron chi connectivity index (χ4n) is 2.70. The normalized spacial score (nSPS) is 10.7. The summed E-state index contributed by atoms with van der Waals surface area (Å²) >= 11 is 12.3. The number of nitrogens with one attached hydrogen (secondary N) is 2. The number of aliphatic hydroxyl groups is 1. The third-order valence-corrected chi connectivity index (χ3v) is 4.67. The van der Waals surface area contributed by atoms with Crippen LogP contribution in [0.25, 0.3) is 0 Å². The van der Waals surface area contributed by atoms with Crippen molar-refractivity contribution < 1.29 is 5.11 Å². The topological polar surface area (TPSA) is 70.1 Å². The summed E-state index contributed by atoms with van der Waals surface area (Å²) in [5.74, 6) is 1.24. The van der Waals surface area contributed by atoms with E-state index in [2.05, 4.69) is 20.6 Å². The monoisotopic (exact) mass is 416 g/mol. The van der Waals surface area contributed by atoms with Crippen LogP contribution >= 0.6 is 23.2 Å². The van der Waals surface area contributed by atoms with Crippen molar-refractivity contribution >= 4 is 40.7 Å². The Morgan fingerprint density at radius 1 is 0.929 bits per heavy atom. The number of unbranched alkanes of at least 4 members (excludes halogenated alkanes) is 1. The second-order valence-corrected chi connectivity index (χ2v) is 7.17. The molecule has 1 heterocycles. The van der Waals surface area contributed by atoms with Gasteiger partial charge in [0.1, 0.15) is 5.82 Å². The molecule has 0 atom stereocenters. The van der Waals surface area contributed by atoms with Crippen LogP contribution in [0.15, 0.2) is 54.6 Å². The highest BCUT2D eigenvalue weighted by Gasteiger charge is 2.09. The first-order chi connectivity index (χ1) is 13.6. The molecule has 3 rings (SSSR count). The zero-order valence-electron chi connectivity index (χ0n) is 15.3. The maximum Gasteiger partial charge on any atom is 0.229 e. The fraction of sp³-hybridized carbons (Fsp3) is 0.238. The summed E-state index contributed by atoms with van der Waals surface area (Å²) in [6, 6.07) is 17.2. The largest absolute Gasteiger partial charge is 0.396 e. The van der Waals surface area contributed by atoms with E-state index in [0.717, 1.165) is 42.1 Å². The Balaban J connectivity index is 1.83. The van der Waals surface area contributed by atoms with E-state index in [1.54, 1.807) is 6.07 Å². The van der Waals surface area contributed by atoms with Gasteiger partial charge in [-0.3, -0.25) is 0 Å². The number of para-hydroxylation sites is 1. The van der Waals surface area contributed by atoms with Gasteiger partial charge in [0.05, 0.1) is 5.69 Å². The molecule has 0 radical (unpaired) electrons. The minimum Gasteiger partial charge on any atom is -0.396 e. The first-order valence-electron chi connectivity index (χ1n) is 9.13. The Morgan fingerprint density at radius 2 is 1.75 bits per heavy atom. The highest BCUT2D eigenvalue weighted by atomic mass is 35.5. The molecule has 1 aromatic heterocycles. The summed E-state index contributed by atoms with van der Waals surface area (Å²) < 4.78 is 0. The van der Waals surface area contributed by atoms with Crippen molar-refractivity contribution in [1.82, 2.24) is 9.97 Å². The molecule has 3 aromatic rings. The lowest BCUT2D eigenvalue weighted by Crippen LogP contribution is -2.08. The SMILES string of the molecule is OCCCCNc1cc(Cc2ccc(Cl)cc2Cl)nc(Nc2ccccc2)n1. The van der Waals surface area contributed by atoms with Gasteiger partial charge in [0.25, 0.3) is 0 Å². The zero-order chi connectivity index (χ0) is 19.8. The predicted molar refractivity (Wildman–Crippen MR) is 116 cm³/mol. The molecule has 0 unspecified atom stereocenters. The average molecular weight is 417 g/mol. The summed E-state index contributed by atoms with van der Waals surface area (Å²) in [5, 5.41) is 16.7. The van der Waals surface area contributed by atoms with E-state index in [0.29, 0.717) is 22.4 Å². The second kappa shape index (κ2) is 10.3. The number of nitrogens with zero attached hydrogens (tertiary/aromatic N) is 2. The van der Waals surface area contributed by atoms with Crippen LogP contribution in [0.4, 0.5) is 17.5 Å². The Kier molecular flexibility index (Phi) is 7.48. The molecular weight excluding hydrogens is 395 g/mol. The number of hydrogen-bond donors (Lipinski definition) is 3. The average Bonchev–Trinajstić information content (AvgIpc) is 2.68. The second-order valence-electron chi connectivity index (χ2n) is 6.33. The van der Waals surface area contributed by atoms with E-state index in [9.17, 15) is 0 Å². The molecule has 0 amide bonds. The molecule has 5 nitrogen and oxygen atoms in total. The summed E-state index contributed by atoms with van der Waals surface area (Å²) in [5.41, 5.74) is 2.69. The van der Waals surface area contributed by atoms with Crippen LogP contribution in [-0.4, -0.2) is 28.2 Å². The molecule has 0 aliphatic rings. The number of aromatic nitrogens is 2.